The number of piperazine rings is 1. The van der Waals surface area contributed by atoms with Crippen LogP contribution in [-0.2, 0) is 12.7 Å². The average Bonchev–Trinajstić information content (AvgIpc) is 2.47. The Bertz CT molecular complexity index is 504. The molecule has 2 aliphatic heterocycles. The largest absolute Gasteiger partial charge is 0.338 e. The average molecular weight is 255 g/mol. The highest BCUT2D eigenvalue weighted by Gasteiger charge is 2.25. The molecule has 19 heavy (non-hydrogen) atoms. The van der Waals surface area contributed by atoms with E-state index in [2.05, 4.69) is 27.8 Å². The van der Waals surface area contributed by atoms with Crippen LogP contribution in [0.1, 0.15) is 11.3 Å². The van der Waals surface area contributed by atoms with Gasteiger partial charge in [-0.1, -0.05) is 6.32 Å². The predicted molar refractivity (Wildman–Crippen MR) is 75.3 cm³/mol. The number of hydrogen-bond acceptors (Lipinski definition) is 5. The van der Waals surface area contributed by atoms with Crippen LogP contribution in [0.2, 0.25) is 6.32 Å². The van der Waals surface area contributed by atoms with Gasteiger partial charge in [-0.05, 0) is 25.4 Å². The molecule has 98 valence electrons. The molecule has 6 heteroatoms. The first kappa shape index (κ1) is 12.4. The molecular weight excluding hydrogens is 237 g/mol. The zero-order valence-electron chi connectivity index (χ0n) is 11.3. The number of hydrogen-bond donors (Lipinski definition) is 0. The maximum atomic E-state index is 9.00. The summed E-state index contributed by atoms with van der Waals surface area (Å²) in [4.78, 5) is 13.8. The summed E-state index contributed by atoms with van der Waals surface area (Å²) in [7, 11) is 2.15. The molecule has 1 aromatic heterocycles. The zero-order chi connectivity index (χ0) is 13.2. The van der Waals surface area contributed by atoms with Crippen LogP contribution in [0.5, 0.6) is 0 Å². The van der Waals surface area contributed by atoms with E-state index < -0.39 is 0 Å². The SMILES string of the molecule is CN1CCN(c2ncc3c(n2)CCB(C#N)C3)CC1. The molecule has 5 nitrogen and oxygen atoms in total. The lowest BCUT2D eigenvalue weighted by Gasteiger charge is -2.32. The number of nitrogens with zero attached hydrogens (tertiary/aromatic N) is 5. The Hall–Kier alpha value is -1.61. The molecule has 0 radical (unpaired) electrons. The molecule has 0 atom stereocenters. The summed E-state index contributed by atoms with van der Waals surface area (Å²) in [6.07, 6.45) is 4.59. The summed E-state index contributed by atoms with van der Waals surface area (Å²) >= 11 is 0. The predicted octanol–water partition coefficient (Wildman–Crippen LogP) is 0.424. The first-order valence-electron chi connectivity index (χ1n) is 6.94. The van der Waals surface area contributed by atoms with Crippen molar-refractivity contribution in [1.82, 2.24) is 14.9 Å². The van der Waals surface area contributed by atoms with Gasteiger partial charge in [0.15, 0.2) is 0 Å². The third-order valence-corrected chi connectivity index (χ3v) is 4.11. The molecule has 0 bridgehead atoms. The summed E-state index contributed by atoms with van der Waals surface area (Å²) in [5.41, 5.74) is 2.31. The summed E-state index contributed by atoms with van der Waals surface area (Å²) in [6.45, 7) is 4.27. The van der Waals surface area contributed by atoms with E-state index in [-0.39, 0.29) is 6.71 Å². The molecule has 1 saturated heterocycles. The van der Waals surface area contributed by atoms with Crippen LogP contribution < -0.4 is 4.90 Å². The van der Waals surface area contributed by atoms with Crippen LogP contribution >= 0.6 is 0 Å². The first-order chi connectivity index (χ1) is 9.26. The first-order valence-corrected chi connectivity index (χ1v) is 6.94. The molecule has 0 unspecified atom stereocenters. The van der Waals surface area contributed by atoms with Crippen molar-refractivity contribution in [3.05, 3.63) is 17.5 Å². The van der Waals surface area contributed by atoms with Gasteiger partial charge in [0.1, 0.15) is 0 Å². The van der Waals surface area contributed by atoms with Crippen LogP contribution in [-0.4, -0.2) is 54.8 Å². The second-order valence-electron chi connectivity index (χ2n) is 5.50. The second kappa shape index (κ2) is 5.18. The van der Waals surface area contributed by atoms with Crippen molar-refractivity contribution in [2.24, 2.45) is 0 Å². The van der Waals surface area contributed by atoms with Crippen LogP contribution in [0.4, 0.5) is 5.95 Å². The van der Waals surface area contributed by atoms with Gasteiger partial charge in [0, 0.05) is 44.0 Å². The number of aryl methyl sites for hydroxylation is 1. The Morgan fingerprint density at radius 2 is 2.11 bits per heavy atom. The lowest BCUT2D eigenvalue weighted by Crippen LogP contribution is -2.45. The van der Waals surface area contributed by atoms with Crippen molar-refractivity contribution >= 4 is 12.7 Å². The molecule has 0 saturated carbocycles. The van der Waals surface area contributed by atoms with Crippen LogP contribution in [0.3, 0.4) is 0 Å². The van der Waals surface area contributed by atoms with E-state index in [1.807, 2.05) is 6.20 Å². The van der Waals surface area contributed by atoms with Gasteiger partial charge in [-0.25, -0.2) is 15.2 Å². The molecule has 3 rings (SSSR count). The molecule has 3 heterocycles. The molecule has 0 N–H and O–H groups in total. The van der Waals surface area contributed by atoms with Gasteiger partial charge in [0.05, 0.1) is 0 Å². The number of likely N-dealkylation sites (N-methyl/N-ethyl adjacent to an activating group) is 1. The topological polar surface area (TPSA) is 56.1 Å². The monoisotopic (exact) mass is 255 g/mol. The van der Waals surface area contributed by atoms with Crippen molar-refractivity contribution in [3.63, 3.8) is 0 Å². The number of fused-ring (bicyclic) bond motifs is 1. The fraction of sp³-hybridized carbons (Fsp3) is 0.615. The van der Waals surface area contributed by atoms with Gasteiger partial charge in [0.25, 0.3) is 6.71 Å². The molecule has 0 amide bonds. The standard InChI is InChI=1S/C13H18BN5/c1-18-4-6-19(7-5-18)13-16-9-11-8-14(10-15)3-2-12(11)17-13/h9H,2-8H2,1H3. The van der Waals surface area contributed by atoms with E-state index in [4.69, 9.17) is 10.2 Å². The van der Waals surface area contributed by atoms with E-state index in [1.165, 1.54) is 0 Å². The summed E-state index contributed by atoms with van der Waals surface area (Å²) in [5.74, 6) is 3.22. The smallest absolute Gasteiger partial charge is 0.272 e. The second-order valence-corrected chi connectivity index (χ2v) is 5.50. The minimum absolute atomic E-state index is 0.144. The normalized spacial score (nSPS) is 20.0. The Kier molecular flexibility index (Phi) is 3.39. The van der Waals surface area contributed by atoms with Gasteiger partial charge in [0.2, 0.25) is 5.95 Å². The third-order valence-electron chi connectivity index (χ3n) is 4.11. The molecule has 1 aromatic rings. The highest BCUT2D eigenvalue weighted by Crippen LogP contribution is 2.21. The van der Waals surface area contributed by atoms with E-state index >= 15 is 0 Å². The lowest BCUT2D eigenvalue weighted by molar-refractivity contribution is 0.311. The lowest BCUT2D eigenvalue weighted by atomic mass is 9.43. The number of nitriles is 1. The Labute approximate surface area is 114 Å². The fourth-order valence-electron chi connectivity index (χ4n) is 2.77. The maximum Gasteiger partial charge on any atom is 0.272 e. The minimum atomic E-state index is 0.144. The molecule has 0 spiro atoms. The van der Waals surface area contributed by atoms with Gasteiger partial charge in [-0.2, -0.15) is 0 Å². The van der Waals surface area contributed by atoms with Crippen molar-refractivity contribution in [2.75, 3.05) is 38.1 Å². The Morgan fingerprint density at radius 3 is 2.84 bits per heavy atom. The van der Waals surface area contributed by atoms with E-state index in [1.54, 1.807) is 0 Å². The van der Waals surface area contributed by atoms with Crippen molar-refractivity contribution < 1.29 is 0 Å². The molecule has 1 fully saturated rings. The highest BCUT2D eigenvalue weighted by molar-refractivity contribution is 6.66. The molecule has 0 aliphatic carbocycles. The maximum absolute atomic E-state index is 9.00. The van der Waals surface area contributed by atoms with Crippen molar-refractivity contribution in [2.45, 2.75) is 19.1 Å². The summed E-state index contributed by atoms with van der Waals surface area (Å²) in [5, 5.41) is 9.00. The van der Waals surface area contributed by atoms with Crippen LogP contribution in [0, 0.1) is 11.2 Å². The Balaban J connectivity index is 1.77. The number of aromatic nitrogens is 2. The summed E-state index contributed by atoms with van der Waals surface area (Å²) in [6, 6.07) is 0. The third kappa shape index (κ3) is 2.56. The zero-order valence-corrected chi connectivity index (χ0v) is 11.3. The van der Waals surface area contributed by atoms with Gasteiger partial charge < -0.3 is 9.80 Å². The highest BCUT2D eigenvalue weighted by atomic mass is 15.3. The fourth-order valence-corrected chi connectivity index (χ4v) is 2.77. The van der Waals surface area contributed by atoms with Gasteiger partial charge in [-0.15, -0.1) is 0 Å². The number of anilines is 1. The van der Waals surface area contributed by atoms with Gasteiger partial charge in [-0.3, -0.25) is 0 Å². The van der Waals surface area contributed by atoms with Crippen LogP contribution in [0.25, 0.3) is 0 Å². The molecular formula is C13H18BN5. The molecule has 2 aliphatic rings. The Morgan fingerprint density at radius 1 is 1.32 bits per heavy atom. The molecule has 0 aromatic carbocycles. The van der Waals surface area contributed by atoms with Crippen LogP contribution in [0.15, 0.2) is 6.20 Å². The van der Waals surface area contributed by atoms with E-state index in [0.29, 0.717) is 0 Å². The minimum Gasteiger partial charge on any atom is -0.338 e. The number of rotatable bonds is 1. The van der Waals surface area contributed by atoms with E-state index in [0.717, 1.165) is 62.4 Å². The van der Waals surface area contributed by atoms with Gasteiger partial charge >= 0.3 is 0 Å². The quantitative estimate of drug-likeness (QED) is 0.681. The summed E-state index contributed by atoms with van der Waals surface area (Å²) < 4.78 is 0. The van der Waals surface area contributed by atoms with E-state index in [9.17, 15) is 0 Å². The van der Waals surface area contributed by atoms with Crippen molar-refractivity contribution in [1.29, 1.82) is 5.26 Å². The van der Waals surface area contributed by atoms with Crippen molar-refractivity contribution in [3.8, 4) is 5.97 Å².